The van der Waals surface area contributed by atoms with Gasteiger partial charge in [-0.1, -0.05) is 31.9 Å². The molecular formula is C19H29NO. The van der Waals surface area contributed by atoms with E-state index in [-0.39, 0.29) is 0 Å². The number of rotatable bonds is 5. The standard InChI is InChI=1S/C19H29NO/c1-3-4-15-5-8-18(9-6-15)20-14(2)16-7-10-19-17(13-16)11-12-21-19/h7,10,13-15,18,20H,3-6,8-9,11-12H2,1-2H3. The fourth-order valence-corrected chi connectivity index (χ4v) is 3.95. The molecular weight excluding hydrogens is 258 g/mol. The largest absolute Gasteiger partial charge is 0.493 e. The molecule has 1 saturated carbocycles. The maximum atomic E-state index is 5.60. The SMILES string of the molecule is CCCC1CCC(NC(C)c2ccc3c(c2)CCO3)CC1. The van der Waals surface area contributed by atoms with Gasteiger partial charge in [-0.3, -0.25) is 0 Å². The molecule has 3 rings (SSSR count). The zero-order chi connectivity index (χ0) is 14.7. The first-order valence-electron chi connectivity index (χ1n) is 8.78. The van der Waals surface area contributed by atoms with Crippen LogP contribution in [0.2, 0.25) is 0 Å². The summed E-state index contributed by atoms with van der Waals surface area (Å²) < 4.78 is 5.60. The summed E-state index contributed by atoms with van der Waals surface area (Å²) in [5, 5.41) is 3.85. The minimum Gasteiger partial charge on any atom is -0.493 e. The van der Waals surface area contributed by atoms with E-state index < -0.39 is 0 Å². The van der Waals surface area contributed by atoms with Crippen LogP contribution in [0.15, 0.2) is 18.2 Å². The van der Waals surface area contributed by atoms with Gasteiger partial charge in [-0.25, -0.2) is 0 Å². The third-order valence-corrected chi connectivity index (χ3v) is 5.24. The fraction of sp³-hybridized carbons (Fsp3) is 0.684. The highest BCUT2D eigenvalue weighted by Crippen LogP contribution is 2.31. The Bertz CT molecular complexity index is 463. The number of nitrogens with one attached hydrogen (secondary N) is 1. The Hall–Kier alpha value is -1.02. The van der Waals surface area contributed by atoms with Gasteiger partial charge in [-0.15, -0.1) is 0 Å². The molecule has 1 aromatic rings. The monoisotopic (exact) mass is 287 g/mol. The van der Waals surface area contributed by atoms with Crippen molar-refractivity contribution in [2.75, 3.05) is 6.61 Å². The number of hydrogen-bond donors (Lipinski definition) is 1. The van der Waals surface area contributed by atoms with E-state index in [9.17, 15) is 0 Å². The lowest BCUT2D eigenvalue weighted by molar-refractivity contribution is 0.266. The van der Waals surface area contributed by atoms with E-state index in [0.29, 0.717) is 12.1 Å². The highest BCUT2D eigenvalue weighted by molar-refractivity contribution is 5.40. The number of hydrogen-bond acceptors (Lipinski definition) is 2. The summed E-state index contributed by atoms with van der Waals surface area (Å²) in [4.78, 5) is 0. The van der Waals surface area contributed by atoms with Crippen molar-refractivity contribution in [1.29, 1.82) is 0 Å². The Labute approximate surface area is 129 Å². The molecule has 21 heavy (non-hydrogen) atoms. The first-order chi connectivity index (χ1) is 10.3. The van der Waals surface area contributed by atoms with Gasteiger partial charge in [0.2, 0.25) is 0 Å². The molecule has 2 aliphatic rings. The summed E-state index contributed by atoms with van der Waals surface area (Å²) in [5.74, 6) is 2.08. The molecule has 1 aliphatic heterocycles. The van der Waals surface area contributed by atoms with Crippen molar-refractivity contribution >= 4 is 0 Å². The van der Waals surface area contributed by atoms with Crippen LogP contribution in [-0.2, 0) is 6.42 Å². The lowest BCUT2D eigenvalue weighted by Gasteiger charge is -2.31. The number of benzene rings is 1. The van der Waals surface area contributed by atoms with Gasteiger partial charge in [-0.2, -0.15) is 0 Å². The van der Waals surface area contributed by atoms with Gasteiger partial charge in [0.25, 0.3) is 0 Å². The Kier molecular flexibility index (Phi) is 4.84. The topological polar surface area (TPSA) is 21.3 Å². The third-order valence-electron chi connectivity index (χ3n) is 5.24. The molecule has 0 aromatic heterocycles. The van der Waals surface area contributed by atoms with Crippen molar-refractivity contribution in [3.63, 3.8) is 0 Å². The average Bonchev–Trinajstić information content (AvgIpc) is 2.97. The van der Waals surface area contributed by atoms with Gasteiger partial charge < -0.3 is 10.1 Å². The highest BCUT2D eigenvalue weighted by atomic mass is 16.5. The molecule has 116 valence electrons. The Balaban J connectivity index is 1.53. The van der Waals surface area contributed by atoms with Crippen LogP contribution >= 0.6 is 0 Å². The van der Waals surface area contributed by atoms with Crippen LogP contribution in [0, 0.1) is 5.92 Å². The van der Waals surface area contributed by atoms with Gasteiger partial charge >= 0.3 is 0 Å². The van der Waals surface area contributed by atoms with Crippen molar-refractivity contribution in [1.82, 2.24) is 5.32 Å². The molecule has 0 saturated heterocycles. The van der Waals surface area contributed by atoms with E-state index in [1.54, 1.807) is 0 Å². The van der Waals surface area contributed by atoms with E-state index in [1.165, 1.54) is 49.7 Å². The van der Waals surface area contributed by atoms with E-state index >= 15 is 0 Å². The second kappa shape index (κ2) is 6.83. The molecule has 1 atom stereocenters. The normalized spacial score (nSPS) is 26.2. The molecule has 1 fully saturated rings. The molecule has 0 amide bonds. The first-order valence-corrected chi connectivity index (χ1v) is 8.78. The van der Waals surface area contributed by atoms with Gasteiger partial charge in [0.15, 0.2) is 0 Å². The van der Waals surface area contributed by atoms with Gasteiger partial charge in [0.1, 0.15) is 5.75 Å². The van der Waals surface area contributed by atoms with Crippen LogP contribution in [0.3, 0.4) is 0 Å². The predicted octanol–water partition coefficient (Wildman–Crippen LogP) is 4.63. The van der Waals surface area contributed by atoms with E-state index in [0.717, 1.165) is 24.7 Å². The van der Waals surface area contributed by atoms with Crippen LogP contribution in [0.5, 0.6) is 5.75 Å². The lowest BCUT2D eigenvalue weighted by atomic mass is 9.83. The Morgan fingerprint density at radius 3 is 2.81 bits per heavy atom. The molecule has 1 aliphatic carbocycles. The van der Waals surface area contributed by atoms with Crippen LogP contribution in [0.1, 0.15) is 69.5 Å². The number of ether oxygens (including phenoxy) is 1. The van der Waals surface area contributed by atoms with Gasteiger partial charge in [0.05, 0.1) is 6.61 Å². The quantitative estimate of drug-likeness (QED) is 0.852. The summed E-state index contributed by atoms with van der Waals surface area (Å²) in [6, 6.07) is 7.86. The van der Waals surface area contributed by atoms with Crippen LogP contribution in [0.4, 0.5) is 0 Å². The Morgan fingerprint density at radius 2 is 2.05 bits per heavy atom. The Morgan fingerprint density at radius 1 is 1.24 bits per heavy atom. The zero-order valence-corrected chi connectivity index (χ0v) is 13.5. The fourth-order valence-electron chi connectivity index (χ4n) is 3.95. The third kappa shape index (κ3) is 3.60. The molecule has 0 radical (unpaired) electrons. The summed E-state index contributed by atoms with van der Waals surface area (Å²) >= 11 is 0. The van der Waals surface area contributed by atoms with Crippen molar-refractivity contribution in [2.45, 2.75) is 70.9 Å². The summed E-state index contributed by atoms with van der Waals surface area (Å²) in [6.45, 7) is 5.46. The summed E-state index contributed by atoms with van der Waals surface area (Å²) in [5.41, 5.74) is 2.79. The molecule has 1 N–H and O–H groups in total. The lowest BCUT2D eigenvalue weighted by Crippen LogP contribution is -2.35. The maximum absolute atomic E-state index is 5.60. The van der Waals surface area contributed by atoms with Crippen LogP contribution < -0.4 is 10.1 Å². The van der Waals surface area contributed by atoms with Crippen molar-refractivity contribution in [3.8, 4) is 5.75 Å². The molecule has 1 unspecified atom stereocenters. The highest BCUT2D eigenvalue weighted by Gasteiger charge is 2.22. The first kappa shape index (κ1) is 14.9. The zero-order valence-electron chi connectivity index (χ0n) is 13.5. The summed E-state index contributed by atoms with van der Waals surface area (Å²) in [6.07, 6.45) is 9.36. The smallest absolute Gasteiger partial charge is 0.122 e. The summed E-state index contributed by atoms with van der Waals surface area (Å²) in [7, 11) is 0. The second-order valence-electron chi connectivity index (χ2n) is 6.86. The van der Waals surface area contributed by atoms with Crippen molar-refractivity contribution in [3.05, 3.63) is 29.3 Å². The second-order valence-corrected chi connectivity index (χ2v) is 6.86. The van der Waals surface area contributed by atoms with Crippen molar-refractivity contribution in [2.24, 2.45) is 5.92 Å². The maximum Gasteiger partial charge on any atom is 0.122 e. The van der Waals surface area contributed by atoms with Gasteiger partial charge in [0, 0.05) is 18.5 Å². The number of fused-ring (bicyclic) bond motifs is 1. The van der Waals surface area contributed by atoms with E-state index in [1.807, 2.05) is 0 Å². The van der Waals surface area contributed by atoms with Crippen LogP contribution in [0.25, 0.3) is 0 Å². The molecule has 0 spiro atoms. The van der Waals surface area contributed by atoms with E-state index in [2.05, 4.69) is 37.4 Å². The molecule has 1 aromatic carbocycles. The predicted molar refractivity (Wildman–Crippen MR) is 87.8 cm³/mol. The van der Waals surface area contributed by atoms with Crippen LogP contribution in [-0.4, -0.2) is 12.6 Å². The van der Waals surface area contributed by atoms with Gasteiger partial charge in [-0.05, 0) is 55.7 Å². The molecule has 2 heteroatoms. The van der Waals surface area contributed by atoms with E-state index in [4.69, 9.17) is 4.74 Å². The van der Waals surface area contributed by atoms with Crippen molar-refractivity contribution < 1.29 is 4.74 Å². The average molecular weight is 287 g/mol. The minimum absolute atomic E-state index is 0.448. The minimum atomic E-state index is 0.448. The molecule has 1 heterocycles. The molecule has 0 bridgehead atoms. The molecule has 2 nitrogen and oxygen atoms in total.